The first-order valence-electron chi connectivity index (χ1n) is 9.57. The highest BCUT2D eigenvalue weighted by Crippen LogP contribution is 2.34. The van der Waals surface area contributed by atoms with Gasteiger partial charge in [-0.3, -0.25) is 9.59 Å². The molecule has 2 N–H and O–H groups in total. The Bertz CT molecular complexity index is 656. The molecule has 6 heteroatoms. The van der Waals surface area contributed by atoms with Gasteiger partial charge in [-0.2, -0.15) is 0 Å². The number of amides is 2. The van der Waals surface area contributed by atoms with Gasteiger partial charge in [0.2, 0.25) is 11.8 Å². The lowest BCUT2D eigenvalue weighted by Crippen LogP contribution is -2.34. The van der Waals surface area contributed by atoms with Gasteiger partial charge in [0.05, 0.1) is 12.8 Å². The molecule has 0 aromatic heterocycles. The van der Waals surface area contributed by atoms with Crippen LogP contribution < -0.4 is 20.3 Å². The van der Waals surface area contributed by atoms with Crippen LogP contribution in [-0.4, -0.2) is 38.6 Å². The standard InChI is InChI=1S/C20H29N3O3/c1-14(15-5-3-9-21-13-15)11-19(24)22-16-7-8-17(18(12-16)26-2)23-10-4-6-20(23)25/h7-8,12,14-15,21H,3-6,9-11,13H2,1-2H3,(H,22,24). The van der Waals surface area contributed by atoms with Gasteiger partial charge in [0.25, 0.3) is 0 Å². The van der Waals surface area contributed by atoms with Crippen LogP contribution in [0.15, 0.2) is 18.2 Å². The second kappa shape index (κ2) is 8.54. The number of rotatable bonds is 6. The van der Waals surface area contributed by atoms with E-state index in [-0.39, 0.29) is 11.8 Å². The van der Waals surface area contributed by atoms with E-state index in [0.29, 0.717) is 42.7 Å². The Morgan fingerprint density at radius 2 is 2.27 bits per heavy atom. The van der Waals surface area contributed by atoms with E-state index in [1.165, 1.54) is 12.8 Å². The summed E-state index contributed by atoms with van der Waals surface area (Å²) in [6, 6.07) is 5.49. The van der Waals surface area contributed by atoms with Crippen LogP contribution in [0.25, 0.3) is 0 Å². The van der Waals surface area contributed by atoms with Gasteiger partial charge in [-0.25, -0.2) is 0 Å². The van der Waals surface area contributed by atoms with Crippen molar-refractivity contribution in [1.29, 1.82) is 0 Å². The SMILES string of the molecule is COc1cc(NC(=O)CC(C)C2CCCNC2)ccc1N1CCCC1=O. The van der Waals surface area contributed by atoms with Gasteiger partial charge < -0.3 is 20.3 Å². The number of anilines is 2. The van der Waals surface area contributed by atoms with E-state index in [0.717, 1.165) is 25.2 Å². The van der Waals surface area contributed by atoms with Gasteiger partial charge in [0, 0.05) is 31.1 Å². The van der Waals surface area contributed by atoms with E-state index in [2.05, 4.69) is 17.6 Å². The fraction of sp³-hybridized carbons (Fsp3) is 0.600. The molecule has 2 aliphatic heterocycles. The molecule has 142 valence electrons. The molecule has 2 atom stereocenters. The minimum atomic E-state index is 0.0233. The molecule has 0 saturated carbocycles. The number of hydrogen-bond acceptors (Lipinski definition) is 4. The average molecular weight is 359 g/mol. The number of hydrogen-bond donors (Lipinski definition) is 2. The lowest BCUT2D eigenvalue weighted by Gasteiger charge is -2.28. The highest BCUT2D eigenvalue weighted by atomic mass is 16.5. The average Bonchev–Trinajstić information content (AvgIpc) is 3.08. The molecule has 2 amide bonds. The highest BCUT2D eigenvalue weighted by Gasteiger charge is 2.25. The van der Waals surface area contributed by atoms with Crippen molar-refractivity contribution in [1.82, 2.24) is 5.32 Å². The van der Waals surface area contributed by atoms with Crippen molar-refractivity contribution in [2.75, 3.05) is 37.0 Å². The third kappa shape index (κ3) is 4.36. The predicted octanol–water partition coefficient (Wildman–Crippen LogP) is 2.79. The van der Waals surface area contributed by atoms with Crippen LogP contribution in [0.2, 0.25) is 0 Å². The zero-order valence-electron chi connectivity index (χ0n) is 15.7. The number of benzene rings is 1. The summed E-state index contributed by atoms with van der Waals surface area (Å²) in [5.74, 6) is 1.67. The fourth-order valence-corrected chi connectivity index (χ4v) is 3.92. The number of carbonyl (C=O) groups is 2. The monoisotopic (exact) mass is 359 g/mol. The van der Waals surface area contributed by atoms with E-state index in [1.54, 1.807) is 18.1 Å². The first kappa shape index (κ1) is 18.7. The molecule has 2 heterocycles. The summed E-state index contributed by atoms with van der Waals surface area (Å²) < 4.78 is 5.45. The lowest BCUT2D eigenvalue weighted by atomic mass is 9.85. The Morgan fingerprint density at radius 1 is 1.42 bits per heavy atom. The molecule has 2 aliphatic rings. The highest BCUT2D eigenvalue weighted by molar-refractivity contribution is 5.98. The largest absolute Gasteiger partial charge is 0.494 e. The van der Waals surface area contributed by atoms with Crippen molar-refractivity contribution in [3.63, 3.8) is 0 Å². The van der Waals surface area contributed by atoms with Gasteiger partial charge in [-0.15, -0.1) is 0 Å². The Balaban J connectivity index is 1.62. The Morgan fingerprint density at radius 3 is 2.92 bits per heavy atom. The molecule has 6 nitrogen and oxygen atoms in total. The van der Waals surface area contributed by atoms with Gasteiger partial charge in [-0.1, -0.05) is 6.92 Å². The van der Waals surface area contributed by atoms with Crippen LogP contribution in [0, 0.1) is 11.8 Å². The molecule has 2 saturated heterocycles. The third-order valence-electron chi connectivity index (χ3n) is 5.47. The molecule has 1 aromatic carbocycles. The molecule has 0 aliphatic carbocycles. The first-order valence-corrected chi connectivity index (χ1v) is 9.57. The topological polar surface area (TPSA) is 70.7 Å². The number of ether oxygens (including phenoxy) is 1. The van der Waals surface area contributed by atoms with Crippen molar-refractivity contribution < 1.29 is 14.3 Å². The van der Waals surface area contributed by atoms with Gasteiger partial charge in [0.1, 0.15) is 5.75 Å². The minimum Gasteiger partial charge on any atom is -0.494 e. The van der Waals surface area contributed by atoms with Crippen LogP contribution in [-0.2, 0) is 9.59 Å². The van der Waals surface area contributed by atoms with Crippen molar-refractivity contribution in [3.05, 3.63) is 18.2 Å². The maximum atomic E-state index is 12.4. The first-order chi connectivity index (χ1) is 12.6. The number of nitrogens with one attached hydrogen (secondary N) is 2. The molecule has 1 aromatic rings. The number of methoxy groups -OCH3 is 1. The molecule has 0 radical (unpaired) electrons. The summed E-state index contributed by atoms with van der Waals surface area (Å²) in [7, 11) is 1.59. The molecule has 2 fully saturated rings. The van der Waals surface area contributed by atoms with Gasteiger partial charge in [0.15, 0.2) is 0 Å². The third-order valence-corrected chi connectivity index (χ3v) is 5.47. The van der Waals surface area contributed by atoms with E-state index in [1.807, 2.05) is 12.1 Å². The zero-order valence-corrected chi connectivity index (χ0v) is 15.7. The molecular weight excluding hydrogens is 330 g/mol. The van der Waals surface area contributed by atoms with Crippen LogP contribution in [0.4, 0.5) is 11.4 Å². The van der Waals surface area contributed by atoms with Crippen LogP contribution in [0.1, 0.15) is 39.0 Å². The Hall–Kier alpha value is -2.08. The van der Waals surface area contributed by atoms with Crippen molar-refractivity contribution >= 4 is 23.2 Å². The lowest BCUT2D eigenvalue weighted by molar-refractivity contribution is -0.118. The minimum absolute atomic E-state index is 0.0233. The fourth-order valence-electron chi connectivity index (χ4n) is 3.92. The summed E-state index contributed by atoms with van der Waals surface area (Å²) >= 11 is 0. The number of nitrogens with zero attached hydrogens (tertiary/aromatic N) is 1. The van der Waals surface area contributed by atoms with E-state index >= 15 is 0 Å². The predicted molar refractivity (Wildman–Crippen MR) is 103 cm³/mol. The smallest absolute Gasteiger partial charge is 0.227 e. The number of piperidine rings is 1. The van der Waals surface area contributed by atoms with Crippen molar-refractivity contribution in [2.24, 2.45) is 11.8 Å². The molecule has 26 heavy (non-hydrogen) atoms. The van der Waals surface area contributed by atoms with Crippen molar-refractivity contribution in [2.45, 2.75) is 39.0 Å². The second-order valence-electron chi connectivity index (χ2n) is 7.37. The van der Waals surface area contributed by atoms with E-state index < -0.39 is 0 Å². The number of carbonyl (C=O) groups excluding carboxylic acids is 2. The molecule has 2 unspecified atom stereocenters. The Kier molecular flexibility index (Phi) is 6.14. The summed E-state index contributed by atoms with van der Waals surface area (Å²) in [4.78, 5) is 26.1. The molecular formula is C20H29N3O3. The van der Waals surface area contributed by atoms with Gasteiger partial charge >= 0.3 is 0 Å². The molecule has 0 bridgehead atoms. The van der Waals surface area contributed by atoms with Crippen LogP contribution in [0.3, 0.4) is 0 Å². The van der Waals surface area contributed by atoms with Crippen LogP contribution in [0.5, 0.6) is 5.75 Å². The summed E-state index contributed by atoms with van der Waals surface area (Å²) in [6.45, 7) is 4.95. The van der Waals surface area contributed by atoms with Gasteiger partial charge in [-0.05, 0) is 56.3 Å². The maximum Gasteiger partial charge on any atom is 0.227 e. The summed E-state index contributed by atoms with van der Waals surface area (Å²) in [5.41, 5.74) is 1.48. The molecule has 0 spiro atoms. The van der Waals surface area contributed by atoms with Crippen LogP contribution >= 0.6 is 0 Å². The normalized spacial score (nSPS) is 21.5. The summed E-state index contributed by atoms with van der Waals surface area (Å²) in [6.07, 6.45) is 4.34. The zero-order chi connectivity index (χ0) is 18.5. The second-order valence-corrected chi connectivity index (χ2v) is 7.37. The summed E-state index contributed by atoms with van der Waals surface area (Å²) in [5, 5.41) is 6.38. The maximum absolute atomic E-state index is 12.4. The van der Waals surface area contributed by atoms with Crippen molar-refractivity contribution in [3.8, 4) is 5.75 Å². The quantitative estimate of drug-likeness (QED) is 0.819. The Labute approximate surface area is 155 Å². The molecule has 3 rings (SSSR count). The van der Waals surface area contributed by atoms with E-state index in [9.17, 15) is 9.59 Å². The van der Waals surface area contributed by atoms with E-state index in [4.69, 9.17) is 4.74 Å².